The SMILES string of the molecule is CC(F)(CC(=O)O)c1ccc(Br)cc1. The first-order chi connectivity index (χ1) is 6.42. The second-order valence-corrected chi connectivity index (χ2v) is 4.19. The number of hydrogen-bond acceptors (Lipinski definition) is 1. The number of halogens is 2. The van der Waals surface area contributed by atoms with Crippen LogP contribution >= 0.6 is 15.9 Å². The van der Waals surface area contributed by atoms with Gasteiger partial charge in [0.1, 0.15) is 5.67 Å². The average molecular weight is 261 g/mol. The molecule has 1 atom stereocenters. The fourth-order valence-corrected chi connectivity index (χ4v) is 1.45. The largest absolute Gasteiger partial charge is 0.481 e. The first-order valence-corrected chi connectivity index (χ1v) is 4.88. The topological polar surface area (TPSA) is 37.3 Å². The van der Waals surface area contributed by atoms with Gasteiger partial charge in [-0.2, -0.15) is 0 Å². The van der Waals surface area contributed by atoms with Gasteiger partial charge in [0.2, 0.25) is 0 Å². The highest BCUT2D eigenvalue weighted by Gasteiger charge is 2.28. The van der Waals surface area contributed by atoms with Gasteiger partial charge in [-0.25, -0.2) is 4.39 Å². The summed E-state index contributed by atoms with van der Waals surface area (Å²) in [5, 5.41) is 8.52. The van der Waals surface area contributed by atoms with Crippen LogP contribution in [0.1, 0.15) is 18.9 Å². The van der Waals surface area contributed by atoms with E-state index >= 15 is 0 Å². The lowest BCUT2D eigenvalue weighted by atomic mass is 9.95. The molecule has 14 heavy (non-hydrogen) atoms. The summed E-state index contributed by atoms with van der Waals surface area (Å²) in [4.78, 5) is 10.4. The van der Waals surface area contributed by atoms with E-state index in [2.05, 4.69) is 15.9 Å². The molecule has 0 heterocycles. The van der Waals surface area contributed by atoms with E-state index in [0.29, 0.717) is 5.56 Å². The van der Waals surface area contributed by atoms with E-state index < -0.39 is 18.1 Å². The van der Waals surface area contributed by atoms with Crippen molar-refractivity contribution in [2.75, 3.05) is 0 Å². The summed E-state index contributed by atoms with van der Waals surface area (Å²) >= 11 is 3.22. The molecule has 0 aliphatic carbocycles. The molecule has 1 N–H and O–H groups in total. The van der Waals surface area contributed by atoms with Gasteiger partial charge < -0.3 is 5.11 Å². The van der Waals surface area contributed by atoms with Crippen molar-refractivity contribution in [3.63, 3.8) is 0 Å². The number of carbonyl (C=O) groups is 1. The van der Waals surface area contributed by atoms with Gasteiger partial charge in [-0.05, 0) is 24.6 Å². The smallest absolute Gasteiger partial charge is 0.306 e. The zero-order chi connectivity index (χ0) is 10.8. The van der Waals surface area contributed by atoms with E-state index in [0.717, 1.165) is 4.47 Å². The van der Waals surface area contributed by atoms with Gasteiger partial charge in [-0.3, -0.25) is 4.79 Å². The minimum atomic E-state index is -1.81. The van der Waals surface area contributed by atoms with Crippen LogP contribution in [0.4, 0.5) is 4.39 Å². The first-order valence-electron chi connectivity index (χ1n) is 4.08. The summed E-state index contributed by atoms with van der Waals surface area (Å²) in [6.07, 6.45) is -0.519. The first kappa shape index (κ1) is 11.2. The summed E-state index contributed by atoms with van der Waals surface area (Å²) in [5.41, 5.74) is -1.44. The third-order valence-electron chi connectivity index (χ3n) is 1.93. The van der Waals surface area contributed by atoms with Crippen LogP contribution in [-0.2, 0) is 10.5 Å². The van der Waals surface area contributed by atoms with E-state index in [1.54, 1.807) is 24.3 Å². The van der Waals surface area contributed by atoms with Crippen molar-refractivity contribution in [1.82, 2.24) is 0 Å². The summed E-state index contributed by atoms with van der Waals surface area (Å²) in [5.74, 6) is -1.14. The van der Waals surface area contributed by atoms with Crippen molar-refractivity contribution >= 4 is 21.9 Å². The molecule has 0 aromatic heterocycles. The molecule has 76 valence electrons. The van der Waals surface area contributed by atoms with E-state index in [1.165, 1.54) is 6.92 Å². The molecule has 1 rings (SSSR count). The van der Waals surface area contributed by atoms with Gasteiger partial charge in [0.15, 0.2) is 0 Å². The normalized spacial score (nSPS) is 14.8. The monoisotopic (exact) mass is 260 g/mol. The number of hydrogen-bond donors (Lipinski definition) is 1. The summed E-state index contributed by atoms with van der Waals surface area (Å²) < 4.78 is 14.6. The Morgan fingerprint density at radius 1 is 1.50 bits per heavy atom. The van der Waals surface area contributed by atoms with Crippen molar-refractivity contribution in [3.8, 4) is 0 Å². The van der Waals surface area contributed by atoms with Crippen LogP contribution in [0.2, 0.25) is 0 Å². The van der Waals surface area contributed by atoms with Crippen LogP contribution in [0.15, 0.2) is 28.7 Å². The van der Waals surface area contributed by atoms with Gasteiger partial charge in [0, 0.05) is 4.47 Å². The van der Waals surface area contributed by atoms with Crippen molar-refractivity contribution in [2.24, 2.45) is 0 Å². The molecule has 0 spiro atoms. The molecular weight excluding hydrogens is 251 g/mol. The molecule has 2 nitrogen and oxygen atoms in total. The molecule has 1 aromatic rings. The van der Waals surface area contributed by atoms with Gasteiger partial charge >= 0.3 is 5.97 Å². The molecule has 0 aliphatic rings. The number of carboxylic acid groups (broad SMARTS) is 1. The molecule has 0 saturated heterocycles. The lowest BCUT2D eigenvalue weighted by molar-refractivity contribution is -0.140. The zero-order valence-corrected chi connectivity index (χ0v) is 9.21. The lowest BCUT2D eigenvalue weighted by Crippen LogP contribution is -2.19. The molecule has 0 radical (unpaired) electrons. The fraction of sp³-hybridized carbons (Fsp3) is 0.300. The predicted octanol–water partition coefficient (Wildman–Crippen LogP) is 3.11. The Bertz CT molecular complexity index is 332. The van der Waals surface area contributed by atoms with Crippen molar-refractivity contribution in [3.05, 3.63) is 34.3 Å². The van der Waals surface area contributed by atoms with Crippen LogP contribution in [0.25, 0.3) is 0 Å². The summed E-state index contributed by atoms with van der Waals surface area (Å²) in [6.45, 7) is 1.27. The van der Waals surface area contributed by atoms with E-state index in [-0.39, 0.29) is 0 Å². The zero-order valence-electron chi connectivity index (χ0n) is 7.63. The highest BCUT2D eigenvalue weighted by atomic mass is 79.9. The van der Waals surface area contributed by atoms with Crippen LogP contribution in [0, 0.1) is 0 Å². The van der Waals surface area contributed by atoms with Crippen LogP contribution in [0.5, 0.6) is 0 Å². The Balaban J connectivity index is 2.91. The Kier molecular flexibility index (Phi) is 3.26. The van der Waals surface area contributed by atoms with Gasteiger partial charge in [-0.1, -0.05) is 28.1 Å². The number of aliphatic carboxylic acids is 1. The quantitative estimate of drug-likeness (QED) is 0.907. The minimum absolute atomic E-state index is 0.378. The second kappa shape index (κ2) is 4.09. The van der Waals surface area contributed by atoms with E-state index in [9.17, 15) is 9.18 Å². The van der Waals surface area contributed by atoms with Crippen molar-refractivity contribution < 1.29 is 14.3 Å². The molecule has 0 fully saturated rings. The maximum absolute atomic E-state index is 13.8. The third-order valence-corrected chi connectivity index (χ3v) is 2.46. The standard InChI is InChI=1S/C10H10BrFO2/c1-10(12,6-9(13)14)7-2-4-8(11)5-3-7/h2-5H,6H2,1H3,(H,13,14). The molecule has 4 heteroatoms. The summed E-state index contributed by atoms with van der Waals surface area (Å²) in [6, 6.07) is 6.53. The van der Waals surface area contributed by atoms with Crippen LogP contribution in [-0.4, -0.2) is 11.1 Å². The Morgan fingerprint density at radius 2 is 2.00 bits per heavy atom. The number of alkyl halides is 1. The predicted molar refractivity (Wildman–Crippen MR) is 54.9 cm³/mol. The summed E-state index contributed by atoms with van der Waals surface area (Å²) in [7, 11) is 0. The van der Waals surface area contributed by atoms with Gasteiger partial charge in [0.25, 0.3) is 0 Å². The highest BCUT2D eigenvalue weighted by Crippen LogP contribution is 2.29. The maximum atomic E-state index is 13.8. The van der Waals surface area contributed by atoms with Crippen LogP contribution in [0.3, 0.4) is 0 Å². The molecular formula is C10H10BrFO2. The fourth-order valence-electron chi connectivity index (χ4n) is 1.18. The van der Waals surface area contributed by atoms with Crippen molar-refractivity contribution in [2.45, 2.75) is 19.0 Å². The molecule has 0 aliphatic heterocycles. The molecule has 0 amide bonds. The molecule has 1 aromatic carbocycles. The maximum Gasteiger partial charge on any atom is 0.306 e. The third kappa shape index (κ3) is 2.80. The van der Waals surface area contributed by atoms with E-state index in [4.69, 9.17) is 5.11 Å². The molecule has 0 bridgehead atoms. The lowest BCUT2D eigenvalue weighted by Gasteiger charge is -2.18. The Labute approximate surface area is 89.9 Å². The van der Waals surface area contributed by atoms with Crippen molar-refractivity contribution in [1.29, 1.82) is 0 Å². The highest BCUT2D eigenvalue weighted by molar-refractivity contribution is 9.10. The molecule has 1 unspecified atom stereocenters. The van der Waals surface area contributed by atoms with Crippen LogP contribution < -0.4 is 0 Å². The minimum Gasteiger partial charge on any atom is -0.481 e. The van der Waals surface area contributed by atoms with Gasteiger partial charge in [-0.15, -0.1) is 0 Å². The number of benzene rings is 1. The Hall–Kier alpha value is -0.900. The molecule has 0 saturated carbocycles. The van der Waals surface area contributed by atoms with Gasteiger partial charge in [0.05, 0.1) is 6.42 Å². The van der Waals surface area contributed by atoms with E-state index in [1.807, 2.05) is 0 Å². The Morgan fingerprint density at radius 3 is 2.43 bits per heavy atom. The average Bonchev–Trinajstić information content (AvgIpc) is 2.02. The number of rotatable bonds is 3. The number of carboxylic acids is 1. The second-order valence-electron chi connectivity index (χ2n) is 3.27.